The Balaban J connectivity index is 2.17. The summed E-state index contributed by atoms with van der Waals surface area (Å²) in [5.41, 5.74) is -0.178. The quantitative estimate of drug-likeness (QED) is 0.780. The molecule has 0 N–H and O–H groups in total. The van der Waals surface area contributed by atoms with Crippen molar-refractivity contribution in [3.63, 3.8) is 0 Å². The van der Waals surface area contributed by atoms with Gasteiger partial charge in [-0.3, -0.25) is 9.69 Å². The molecule has 7 nitrogen and oxygen atoms in total. The zero-order valence-electron chi connectivity index (χ0n) is 13.5. The van der Waals surface area contributed by atoms with Crippen LogP contribution in [0.25, 0.3) is 0 Å². The van der Waals surface area contributed by atoms with Crippen LogP contribution in [0.4, 0.5) is 0 Å². The van der Waals surface area contributed by atoms with Gasteiger partial charge in [-0.2, -0.15) is 0 Å². The molecule has 1 aromatic rings. The largest absolute Gasteiger partial charge is 0.468 e. The number of rotatable bonds is 3. The van der Waals surface area contributed by atoms with E-state index in [-0.39, 0.29) is 17.6 Å². The Labute approximate surface area is 125 Å². The average Bonchev–Trinajstić information content (AvgIpc) is 2.88. The Bertz CT molecular complexity index is 494. The molecule has 7 heteroatoms. The minimum Gasteiger partial charge on any atom is -0.468 e. The Hall–Kier alpha value is -1.50. The van der Waals surface area contributed by atoms with Crippen LogP contribution in [0, 0.1) is 5.92 Å². The maximum atomic E-state index is 12.0. The minimum absolute atomic E-state index is 0.170. The van der Waals surface area contributed by atoms with E-state index >= 15 is 0 Å². The zero-order chi connectivity index (χ0) is 15.6. The highest BCUT2D eigenvalue weighted by Gasteiger charge is 2.34. The smallest absolute Gasteiger partial charge is 0.323 e. The lowest BCUT2D eigenvalue weighted by molar-refractivity contribution is -0.149. The number of tetrazole rings is 1. The molecule has 1 aromatic heterocycles. The van der Waals surface area contributed by atoms with E-state index in [1.165, 1.54) is 7.11 Å². The second-order valence-electron chi connectivity index (χ2n) is 6.82. The summed E-state index contributed by atoms with van der Waals surface area (Å²) in [5, 5.41) is 12.0. The van der Waals surface area contributed by atoms with Crippen LogP contribution in [0.3, 0.4) is 0 Å². The van der Waals surface area contributed by atoms with Crippen molar-refractivity contribution in [3.05, 3.63) is 5.82 Å². The van der Waals surface area contributed by atoms with Gasteiger partial charge in [-0.1, -0.05) is 6.92 Å². The molecule has 0 radical (unpaired) electrons. The van der Waals surface area contributed by atoms with Gasteiger partial charge >= 0.3 is 5.97 Å². The molecule has 21 heavy (non-hydrogen) atoms. The van der Waals surface area contributed by atoms with E-state index in [0.717, 1.165) is 25.2 Å². The topological polar surface area (TPSA) is 73.1 Å². The molecule has 2 atom stereocenters. The molecule has 0 aliphatic carbocycles. The number of aromatic nitrogens is 4. The molecule has 0 saturated carbocycles. The molecule has 2 rings (SSSR count). The third-order valence-electron chi connectivity index (χ3n) is 3.96. The van der Waals surface area contributed by atoms with Crippen molar-refractivity contribution in [2.45, 2.75) is 58.7 Å². The molecular weight excluding hydrogens is 270 g/mol. The summed E-state index contributed by atoms with van der Waals surface area (Å²) in [7, 11) is 1.44. The molecule has 1 aliphatic rings. The van der Waals surface area contributed by atoms with Crippen molar-refractivity contribution in [3.8, 4) is 0 Å². The summed E-state index contributed by atoms with van der Waals surface area (Å²) in [5.74, 6) is 1.14. The number of carbonyl (C=O) groups is 1. The first-order valence-electron chi connectivity index (χ1n) is 7.42. The number of esters is 1. The van der Waals surface area contributed by atoms with E-state index in [4.69, 9.17) is 4.74 Å². The van der Waals surface area contributed by atoms with Gasteiger partial charge in [-0.25, -0.2) is 4.68 Å². The van der Waals surface area contributed by atoms with Crippen LogP contribution in [0.15, 0.2) is 0 Å². The first kappa shape index (κ1) is 15.9. The van der Waals surface area contributed by atoms with E-state index in [1.807, 2.05) is 4.68 Å². The van der Waals surface area contributed by atoms with Crippen LogP contribution in [0.1, 0.15) is 46.4 Å². The van der Waals surface area contributed by atoms with Crippen LogP contribution in [-0.2, 0) is 21.6 Å². The van der Waals surface area contributed by atoms with E-state index in [2.05, 4.69) is 48.1 Å². The maximum Gasteiger partial charge on any atom is 0.323 e. The Morgan fingerprint density at radius 1 is 1.43 bits per heavy atom. The minimum atomic E-state index is -0.205. The van der Waals surface area contributed by atoms with E-state index in [9.17, 15) is 4.79 Å². The maximum absolute atomic E-state index is 12.0. The van der Waals surface area contributed by atoms with Gasteiger partial charge in [0.25, 0.3) is 0 Å². The monoisotopic (exact) mass is 295 g/mol. The fourth-order valence-electron chi connectivity index (χ4n) is 2.77. The number of likely N-dealkylation sites (tertiary alicyclic amines) is 1. The van der Waals surface area contributed by atoms with Crippen LogP contribution in [-0.4, -0.2) is 50.8 Å². The number of ether oxygens (including phenoxy) is 1. The predicted octanol–water partition coefficient (Wildman–Crippen LogP) is 1.20. The molecule has 2 heterocycles. The van der Waals surface area contributed by atoms with Crippen molar-refractivity contribution in [2.75, 3.05) is 13.7 Å². The molecule has 0 amide bonds. The third-order valence-corrected chi connectivity index (χ3v) is 3.96. The zero-order valence-corrected chi connectivity index (χ0v) is 13.5. The summed E-state index contributed by atoms with van der Waals surface area (Å²) >= 11 is 0. The normalized spacial score (nSPS) is 24.0. The lowest BCUT2D eigenvalue weighted by Crippen LogP contribution is -2.47. The summed E-state index contributed by atoms with van der Waals surface area (Å²) in [4.78, 5) is 14.1. The van der Waals surface area contributed by atoms with Gasteiger partial charge in [-0.15, -0.1) is 5.10 Å². The van der Waals surface area contributed by atoms with E-state index in [0.29, 0.717) is 12.5 Å². The van der Waals surface area contributed by atoms with Gasteiger partial charge in [0.15, 0.2) is 5.82 Å². The molecule has 118 valence electrons. The Morgan fingerprint density at radius 2 is 2.14 bits per heavy atom. The summed E-state index contributed by atoms with van der Waals surface area (Å²) in [6.07, 6.45) is 1.90. The highest BCUT2D eigenvalue weighted by Crippen LogP contribution is 2.25. The van der Waals surface area contributed by atoms with Crippen LogP contribution >= 0.6 is 0 Å². The SMILES string of the molecule is COC(=O)C1CC(C)CCN1Cc1nnnn1C(C)(C)C. The number of piperidine rings is 1. The van der Waals surface area contributed by atoms with Crippen molar-refractivity contribution >= 4 is 5.97 Å². The van der Waals surface area contributed by atoms with Crippen molar-refractivity contribution in [2.24, 2.45) is 5.92 Å². The summed E-state index contributed by atoms with van der Waals surface area (Å²) in [6.45, 7) is 9.77. The molecule has 1 fully saturated rings. The fourth-order valence-corrected chi connectivity index (χ4v) is 2.77. The average molecular weight is 295 g/mol. The van der Waals surface area contributed by atoms with E-state index in [1.54, 1.807) is 0 Å². The van der Waals surface area contributed by atoms with Crippen molar-refractivity contribution < 1.29 is 9.53 Å². The molecule has 1 aliphatic heterocycles. The first-order chi connectivity index (χ1) is 9.82. The third kappa shape index (κ3) is 3.58. The van der Waals surface area contributed by atoms with Crippen molar-refractivity contribution in [1.82, 2.24) is 25.1 Å². The second-order valence-corrected chi connectivity index (χ2v) is 6.82. The summed E-state index contributed by atoms with van der Waals surface area (Å²) < 4.78 is 6.76. The highest BCUT2D eigenvalue weighted by molar-refractivity contribution is 5.75. The van der Waals surface area contributed by atoms with Gasteiger partial charge in [0, 0.05) is 0 Å². The number of carbonyl (C=O) groups excluding carboxylic acids is 1. The highest BCUT2D eigenvalue weighted by atomic mass is 16.5. The molecule has 1 saturated heterocycles. The lowest BCUT2D eigenvalue weighted by Gasteiger charge is -2.36. The van der Waals surface area contributed by atoms with Crippen molar-refractivity contribution in [1.29, 1.82) is 0 Å². The molecule has 0 bridgehead atoms. The summed E-state index contributed by atoms with van der Waals surface area (Å²) in [6, 6.07) is -0.205. The predicted molar refractivity (Wildman–Crippen MR) is 77.4 cm³/mol. The number of methoxy groups -OCH3 is 1. The molecule has 0 spiro atoms. The Morgan fingerprint density at radius 3 is 2.76 bits per heavy atom. The van der Waals surface area contributed by atoms with Crippen LogP contribution in [0.5, 0.6) is 0 Å². The van der Waals surface area contributed by atoms with E-state index < -0.39 is 0 Å². The number of hydrogen-bond acceptors (Lipinski definition) is 6. The first-order valence-corrected chi connectivity index (χ1v) is 7.42. The molecule has 2 unspecified atom stereocenters. The molecular formula is C14H25N5O2. The number of nitrogens with zero attached hydrogens (tertiary/aromatic N) is 5. The van der Waals surface area contributed by atoms with Crippen LogP contribution < -0.4 is 0 Å². The fraction of sp³-hybridized carbons (Fsp3) is 0.857. The van der Waals surface area contributed by atoms with Gasteiger partial charge in [0.05, 0.1) is 19.2 Å². The van der Waals surface area contributed by atoms with Gasteiger partial charge in [-0.05, 0) is 56.5 Å². The Kier molecular flexibility index (Phi) is 4.61. The van der Waals surface area contributed by atoms with Gasteiger partial charge in [0.1, 0.15) is 6.04 Å². The van der Waals surface area contributed by atoms with Gasteiger partial charge < -0.3 is 4.74 Å². The second kappa shape index (κ2) is 6.09. The van der Waals surface area contributed by atoms with Crippen LogP contribution in [0.2, 0.25) is 0 Å². The number of hydrogen-bond donors (Lipinski definition) is 0. The standard InChI is InChI=1S/C14H25N5O2/c1-10-6-7-18(11(8-10)13(20)21-5)9-12-15-16-17-19(12)14(2,3)4/h10-11H,6-9H2,1-5H3. The van der Waals surface area contributed by atoms with Gasteiger partial charge in [0.2, 0.25) is 0 Å². The lowest BCUT2D eigenvalue weighted by atomic mass is 9.92. The molecule has 0 aromatic carbocycles.